The van der Waals surface area contributed by atoms with Crippen molar-refractivity contribution in [3.63, 3.8) is 0 Å². The summed E-state index contributed by atoms with van der Waals surface area (Å²) in [6, 6.07) is 11.9. The fourth-order valence-corrected chi connectivity index (χ4v) is 3.78. The van der Waals surface area contributed by atoms with Gasteiger partial charge < -0.3 is 14.6 Å². The van der Waals surface area contributed by atoms with Crippen LogP contribution in [0.15, 0.2) is 59.5 Å². The first-order valence-electron chi connectivity index (χ1n) is 8.99. The molecule has 2 atom stereocenters. The Labute approximate surface area is 155 Å². The quantitative estimate of drug-likeness (QED) is 0.581. The minimum absolute atomic E-state index is 0.105. The van der Waals surface area contributed by atoms with Gasteiger partial charge in [0.15, 0.2) is 0 Å². The molecule has 1 aliphatic rings. The number of benzene rings is 1. The lowest BCUT2D eigenvalue weighted by atomic mass is 10.1. The number of hydrogen-bond donors (Lipinski definition) is 2. The molecular formula is C20H19N5O2. The molecule has 27 heavy (non-hydrogen) atoms. The third kappa shape index (κ3) is 3.01. The molecule has 7 nitrogen and oxygen atoms in total. The maximum absolute atomic E-state index is 10.2. The van der Waals surface area contributed by atoms with Gasteiger partial charge in [0, 0.05) is 48.1 Å². The number of rotatable bonds is 4. The standard InChI is InChI=1S/C20H19N5O2/c26-15-8-18(20-23-19(24-27-20)13-4-3-7-21-9-13)25(12-15)11-14-10-22-17-6-2-1-5-16(14)17/h1-7,9-10,15,18,22,26H,8,11-12H2/t15-,18+/m1/s1. The molecule has 4 aromatic rings. The van der Waals surface area contributed by atoms with Crippen LogP contribution in [0.25, 0.3) is 22.3 Å². The number of aliphatic hydroxyl groups is 1. The number of H-pyrrole nitrogens is 1. The zero-order valence-corrected chi connectivity index (χ0v) is 14.6. The topological polar surface area (TPSA) is 91.1 Å². The number of aliphatic hydroxyl groups excluding tert-OH is 1. The van der Waals surface area contributed by atoms with E-state index in [1.807, 2.05) is 30.5 Å². The monoisotopic (exact) mass is 361 g/mol. The van der Waals surface area contributed by atoms with Crippen molar-refractivity contribution in [3.05, 3.63) is 66.4 Å². The van der Waals surface area contributed by atoms with E-state index in [0.717, 1.165) is 11.1 Å². The van der Waals surface area contributed by atoms with Crippen LogP contribution < -0.4 is 0 Å². The van der Waals surface area contributed by atoms with Crippen LogP contribution in [0, 0.1) is 0 Å². The minimum atomic E-state index is -0.408. The highest BCUT2D eigenvalue weighted by molar-refractivity contribution is 5.82. The molecule has 7 heteroatoms. The van der Waals surface area contributed by atoms with Gasteiger partial charge in [0.2, 0.25) is 11.7 Å². The van der Waals surface area contributed by atoms with Gasteiger partial charge in [-0.25, -0.2) is 0 Å². The molecule has 0 aliphatic carbocycles. The van der Waals surface area contributed by atoms with Gasteiger partial charge in [0.05, 0.1) is 12.1 Å². The van der Waals surface area contributed by atoms with Crippen molar-refractivity contribution < 1.29 is 9.63 Å². The van der Waals surface area contributed by atoms with Crippen LogP contribution >= 0.6 is 0 Å². The summed E-state index contributed by atoms with van der Waals surface area (Å²) in [5.41, 5.74) is 3.12. The first-order valence-corrected chi connectivity index (χ1v) is 8.99. The zero-order valence-electron chi connectivity index (χ0n) is 14.6. The number of hydrogen-bond acceptors (Lipinski definition) is 6. The summed E-state index contributed by atoms with van der Waals surface area (Å²) in [7, 11) is 0. The number of nitrogens with one attached hydrogen (secondary N) is 1. The van der Waals surface area contributed by atoms with Gasteiger partial charge in [-0.1, -0.05) is 23.4 Å². The molecule has 136 valence electrons. The van der Waals surface area contributed by atoms with Crippen LogP contribution in [0.1, 0.15) is 23.9 Å². The molecule has 0 radical (unpaired) electrons. The van der Waals surface area contributed by atoms with Crippen molar-refractivity contribution in [2.24, 2.45) is 0 Å². The number of nitrogens with zero attached hydrogens (tertiary/aromatic N) is 4. The Morgan fingerprint density at radius 1 is 1.22 bits per heavy atom. The summed E-state index contributed by atoms with van der Waals surface area (Å²) in [6.07, 6.45) is 5.62. The van der Waals surface area contributed by atoms with Crippen LogP contribution in [0.3, 0.4) is 0 Å². The number of pyridine rings is 1. The molecular weight excluding hydrogens is 342 g/mol. The predicted octanol–water partition coefficient (Wildman–Crippen LogP) is 2.92. The Morgan fingerprint density at radius 3 is 3.04 bits per heavy atom. The highest BCUT2D eigenvalue weighted by Crippen LogP contribution is 2.34. The summed E-state index contributed by atoms with van der Waals surface area (Å²) < 4.78 is 5.54. The number of aromatic nitrogens is 4. The van der Waals surface area contributed by atoms with E-state index in [1.165, 1.54) is 10.9 Å². The first-order chi connectivity index (χ1) is 13.3. The van der Waals surface area contributed by atoms with Crippen LogP contribution in [0.5, 0.6) is 0 Å². The molecule has 2 N–H and O–H groups in total. The Kier molecular flexibility index (Phi) is 3.95. The van der Waals surface area contributed by atoms with Gasteiger partial charge in [-0.05, 0) is 30.2 Å². The number of para-hydroxylation sites is 1. The summed E-state index contributed by atoms with van der Waals surface area (Å²) in [4.78, 5) is 14.2. The summed E-state index contributed by atoms with van der Waals surface area (Å²) >= 11 is 0. The lowest BCUT2D eigenvalue weighted by Gasteiger charge is -2.20. The molecule has 1 aliphatic heterocycles. The van der Waals surface area contributed by atoms with Crippen molar-refractivity contribution in [1.29, 1.82) is 0 Å². The van der Waals surface area contributed by atoms with Crippen molar-refractivity contribution in [2.45, 2.75) is 25.1 Å². The predicted molar refractivity (Wildman–Crippen MR) is 99.6 cm³/mol. The SMILES string of the molecule is O[C@@H]1C[C@@H](c2nc(-c3cccnc3)no2)N(Cc2c[nH]c3ccccc23)C1. The van der Waals surface area contributed by atoms with Gasteiger partial charge in [0.25, 0.3) is 0 Å². The first kappa shape index (κ1) is 16.2. The normalized spacial score (nSPS) is 20.5. The smallest absolute Gasteiger partial charge is 0.244 e. The molecule has 0 unspecified atom stereocenters. The highest BCUT2D eigenvalue weighted by atomic mass is 16.5. The van der Waals surface area contributed by atoms with Crippen LogP contribution in [-0.2, 0) is 6.54 Å². The molecule has 0 saturated carbocycles. The van der Waals surface area contributed by atoms with E-state index < -0.39 is 6.10 Å². The molecule has 0 bridgehead atoms. The average Bonchev–Trinajstić information content (AvgIpc) is 3.42. The average molecular weight is 361 g/mol. The van der Waals surface area contributed by atoms with E-state index in [4.69, 9.17) is 4.52 Å². The Balaban J connectivity index is 1.42. The Hall–Kier alpha value is -3.03. The lowest BCUT2D eigenvalue weighted by Crippen LogP contribution is -2.24. The summed E-state index contributed by atoms with van der Waals surface area (Å²) in [6.45, 7) is 1.28. The molecule has 0 amide bonds. The summed E-state index contributed by atoms with van der Waals surface area (Å²) in [5, 5.41) is 15.5. The molecule has 1 fully saturated rings. The van der Waals surface area contributed by atoms with E-state index in [-0.39, 0.29) is 6.04 Å². The second-order valence-electron chi connectivity index (χ2n) is 6.89. The maximum atomic E-state index is 10.2. The van der Waals surface area contributed by atoms with Crippen LogP contribution in [-0.4, -0.2) is 42.8 Å². The number of aromatic amines is 1. The van der Waals surface area contributed by atoms with E-state index in [2.05, 4.69) is 37.1 Å². The van der Waals surface area contributed by atoms with E-state index in [9.17, 15) is 5.11 Å². The second kappa shape index (κ2) is 6.61. The fourth-order valence-electron chi connectivity index (χ4n) is 3.78. The van der Waals surface area contributed by atoms with Crippen molar-refractivity contribution >= 4 is 10.9 Å². The third-order valence-electron chi connectivity index (χ3n) is 5.08. The van der Waals surface area contributed by atoms with E-state index in [0.29, 0.717) is 31.2 Å². The third-order valence-corrected chi connectivity index (χ3v) is 5.08. The molecule has 3 aromatic heterocycles. The van der Waals surface area contributed by atoms with Crippen LogP contribution in [0.4, 0.5) is 0 Å². The van der Waals surface area contributed by atoms with Crippen LogP contribution in [0.2, 0.25) is 0 Å². The number of β-amino-alcohol motifs (C(OH)–C–C–N with tert-alkyl or cyclic N) is 1. The zero-order chi connectivity index (χ0) is 18.2. The Bertz CT molecular complexity index is 1060. The molecule has 4 heterocycles. The number of likely N-dealkylation sites (tertiary alicyclic amines) is 1. The van der Waals surface area contributed by atoms with Crippen molar-refractivity contribution in [1.82, 2.24) is 25.0 Å². The maximum Gasteiger partial charge on any atom is 0.244 e. The van der Waals surface area contributed by atoms with Gasteiger partial charge in [-0.3, -0.25) is 9.88 Å². The molecule has 5 rings (SSSR count). The van der Waals surface area contributed by atoms with E-state index in [1.54, 1.807) is 12.4 Å². The largest absolute Gasteiger partial charge is 0.392 e. The van der Waals surface area contributed by atoms with Crippen molar-refractivity contribution in [3.8, 4) is 11.4 Å². The van der Waals surface area contributed by atoms with Gasteiger partial charge >= 0.3 is 0 Å². The molecule has 0 spiro atoms. The lowest BCUT2D eigenvalue weighted by molar-refractivity contribution is 0.169. The van der Waals surface area contributed by atoms with Gasteiger partial charge in [-0.2, -0.15) is 4.98 Å². The van der Waals surface area contributed by atoms with Gasteiger partial charge in [0.1, 0.15) is 0 Å². The van der Waals surface area contributed by atoms with Crippen molar-refractivity contribution in [2.75, 3.05) is 6.54 Å². The second-order valence-corrected chi connectivity index (χ2v) is 6.89. The molecule has 1 saturated heterocycles. The minimum Gasteiger partial charge on any atom is -0.392 e. The van der Waals surface area contributed by atoms with E-state index >= 15 is 0 Å². The fraction of sp³-hybridized carbons (Fsp3) is 0.250. The Morgan fingerprint density at radius 2 is 2.15 bits per heavy atom. The summed E-state index contributed by atoms with van der Waals surface area (Å²) in [5.74, 6) is 1.05. The van der Waals surface area contributed by atoms with Gasteiger partial charge in [-0.15, -0.1) is 0 Å². The number of fused-ring (bicyclic) bond motifs is 1. The highest BCUT2D eigenvalue weighted by Gasteiger charge is 2.36. The molecule has 1 aromatic carbocycles.